The predicted octanol–water partition coefficient (Wildman–Crippen LogP) is 5.45. The smallest absolute Gasteiger partial charge is 0.270 e. The summed E-state index contributed by atoms with van der Waals surface area (Å²) in [6.07, 6.45) is 4.26. The Kier molecular flexibility index (Phi) is 6.53. The van der Waals surface area contributed by atoms with Crippen molar-refractivity contribution in [2.45, 2.75) is 6.54 Å². The highest BCUT2D eigenvalue weighted by Crippen LogP contribution is 2.24. The number of nitrogens with zero attached hydrogens (tertiary/aromatic N) is 3. The average molecular weight is 452 g/mol. The van der Waals surface area contributed by atoms with Crippen molar-refractivity contribution in [2.75, 3.05) is 5.32 Å². The lowest BCUT2D eigenvalue weighted by Gasteiger charge is -2.05. The van der Waals surface area contributed by atoms with E-state index in [1.165, 1.54) is 35.0 Å². The summed E-state index contributed by atoms with van der Waals surface area (Å²) < 4.78 is 1.54. The first-order chi connectivity index (χ1) is 13.8. The van der Waals surface area contributed by atoms with E-state index in [9.17, 15) is 14.9 Å². The van der Waals surface area contributed by atoms with Crippen LogP contribution in [0, 0.1) is 10.1 Å². The van der Waals surface area contributed by atoms with Crippen LogP contribution in [0.15, 0.2) is 54.7 Å². The van der Waals surface area contributed by atoms with E-state index in [1.54, 1.807) is 30.5 Å². The third kappa shape index (κ3) is 5.57. The number of carbonyl (C=O) groups excluding carboxylic acids is 1. The minimum atomic E-state index is -0.503. The molecule has 10 heteroatoms. The van der Waals surface area contributed by atoms with Gasteiger partial charge in [0.05, 0.1) is 11.5 Å². The molecule has 1 N–H and O–H groups in total. The maximum absolute atomic E-state index is 12.1. The van der Waals surface area contributed by atoms with Crippen molar-refractivity contribution < 1.29 is 9.72 Å². The number of nitro benzene ring substituents is 1. The lowest BCUT2D eigenvalue weighted by Crippen LogP contribution is -2.09. The second kappa shape index (κ2) is 9.09. The lowest BCUT2D eigenvalue weighted by atomic mass is 10.2. The van der Waals surface area contributed by atoms with Gasteiger partial charge in [-0.05, 0) is 29.3 Å². The zero-order chi connectivity index (χ0) is 21.0. The summed E-state index contributed by atoms with van der Waals surface area (Å²) in [5.74, 6) is -0.293. The Balaban J connectivity index is 1.68. The number of aromatic nitrogens is 2. The number of rotatable bonds is 6. The molecule has 3 aromatic rings. The molecule has 0 saturated heterocycles. The van der Waals surface area contributed by atoms with Crippen LogP contribution >= 0.6 is 34.8 Å². The number of carbonyl (C=O) groups is 1. The standard InChI is InChI=1S/C19H13Cl3N4O3/c20-14-6-5-13(16(21)9-14)10-25-11-17(22)19(24-25)23-18(27)7-4-12-2-1-3-15(8-12)26(28)29/h1-9,11H,10H2,(H,23,24,27)/b7-4+. The number of benzene rings is 2. The van der Waals surface area contributed by atoms with Gasteiger partial charge in [-0.2, -0.15) is 5.10 Å². The average Bonchev–Trinajstić information content (AvgIpc) is 3.01. The highest BCUT2D eigenvalue weighted by atomic mass is 35.5. The number of nitrogens with one attached hydrogen (secondary N) is 1. The van der Waals surface area contributed by atoms with Crippen LogP contribution in [0.4, 0.5) is 11.5 Å². The molecule has 0 atom stereocenters. The molecule has 1 aromatic heterocycles. The van der Waals surface area contributed by atoms with Crippen LogP contribution in [0.2, 0.25) is 15.1 Å². The summed E-state index contributed by atoms with van der Waals surface area (Å²) in [7, 11) is 0. The quantitative estimate of drug-likeness (QED) is 0.306. The van der Waals surface area contributed by atoms with E-state index >= 15 is 0 Å². The first-order valence-corrected chi connectivity index (χ1v) is 9.35. The molecule has 0 saturated carbocycles. The first-order valence-electron chi connectivity index (χ1n) is 8.22. The van der Waals surface area contributed by atoms with Gasteiger partial charge in [-0.1, -0.05) is 53.0 Å². The summed E-state index contributed by atoms with van der Waals surface area (Å²) in [6.45, 7) is 0.342. The maximum Gasteiger partial charge on any atom is 0.270 e. The van der Waals surface area contributed by atoms with Crippen LogP contribution in [0.1, 0.15) is 11.1 Å². The van der Waals surface area contributed by atoms with E-state index in [1.807, 2.05) is 0 Å². The molecule has 0 aliphatic rings. The van der Waals surface area contributed by atoms with Crippen LogP contribution in [0.25, 0.3) is 6.08 Å². The van der Waals surface area contributed by atoms with Crippen molar-refractivity contribution in [3.63, 3.8) is 0 Å². The molecule has 1 amide bonds. The molecular formula is C19H13Cl3N4O3. The molecule has 0 aliphatic heterocycles. The molecule has 148 valence electrons. The largest absolute Gasteiger partial charge is 0.304 e. The maximum atomic E-state index is 12.1. The van der Waals surface area contributed by atoms with Gasteiger partial charge in [0.2, 0.25) is 5.91 Å². The molecule has 7 nitrogen and oxygen atoms in total. The molecule has 0 bridgehead atoms. The van der Waals surface area contributed by atoms with E-state index in [0.29, 0.717) is 22.2 Å². The highest BCUT2D eigenvalue weighted by Gasteiger charge is 2.11. The number of hydrogen-bond donors (Lipinski definition) is 1. The summed E-state index contributed by atoms with van der Waals surface area (Å²) in [6, 6.07) is 11.0. The van der Waals surface area contributed by atoms with Gasteiger partial charge in [-0.3, -0.25) is 19.6 Å². The van der Waals surface area contributed by atoms with Crippen molar-refractivity contribution in [1.29, 1.82) is 0 Å². The minimum Gasteiger partial charge on any atom is -0.304 e. The number of halogens is 3. The van der Waals surface area contributed by atoms with Gasteiger partial charge in [-0.25, -0.2) is 0 Å². The van der Waals surface area contributed by atoms with Crippen LogP contribution < -0.4 is 5.32 Å². The van der Waals surface area contributed by atoms with Crippen LogP contribution in [0.5, 0.6) is 0 Å². The zero-order valence-corrected chi connectivity index (χ0v) is 16.9. The Morgan fingerprint density at radius 2 is 1.97 bits per heavy atom. The van der Waals surface area contributed by atoms with Gasteiger partial charge in [0, 0.05) is 34.5 Å². The zero-order valence-electron chi connectivity index (χ0n) is 14.7. The molecule has 3 rings (SSSR count). The topological polar surface area (TPSA) is 90.1 Å². The molecule has 0 spiro atoms. The van der Waals surface area contributed by atoms with Crippen molar-refractivity contribution in [1.82, 2.24) is 9.78 Å². The SMILES string of the molecule is O=C(/C=C/c1cccc([N+](=O)[O-])c1)Nc1nn(Cc2ccc(Cl)cc2Cl)cc1Cl. The summed E-state index contributed by atoms with van der Waals surface area (Å²) in [5, 5.41) is 18.9. The fourth-order valence-corrected chi connectivity index (χ4v) is 3.13. The molecular weight excluding hydrogens is 439 g/mol. The minimum absolute atomic E-state index is 0.0600. The molecule has 2 aromatic carbocycles. The van der Waals surface area contributed by atoms with Crippen molar-refractivity contribution in [3.05, 3.63) is 91.0 Å². The Labute approximate surface area is 180 Å². The number of nitro groups is 1. The van der Waals surface area contributed by atoms with Crippen molar-refractivity contribution in [2.24, 2.45) is 0 Å². The Bertz CT molecular complexity index is 1110. The van der Waals surface area contributed by atoms with Gasteiger partial charge < -0.3 is 5.32 Å². The van der Waals surface area contributed by atoms with E-state index in [0.717, 1.165) is 5.56 Å². The second-order valence-electron chi connectivity index (χ2n) is 5.93. The third-order valence-corrected chi connectivity index (χ3v) is 4.68. The molecule has 0 radical (unpaired) electrons. The molecule has 0 unspecified atom stereocenters. The Morgan fingerprint density at radius 3 is 2.69 bits per heavy atom. The fraction of sp³-hybridized carbons (Fsp3) is 0.0526. The van der Waals surface area contributed by atoms with Crippen molar-refractivity contribution in [3.8, 4) is 0 Å². The van der Waals surface area contributed by atoms with Gasteiger partial charge in [0.15, 0.2) is 5.82 Å². The number of non-ortho nitro benzene ring substituents is 1. The summed E-state index contributed by atoms with van der Waals surface area (Å²) >= 11 is 18.2. The van der Waals surface area contributed by atoms with E-state index < -0.39 is 10.8 Å². The molecule has 1 heterocycles. The van der Waals surface area contributed by atoms with Gasteiger partial charge >= 0.3 is 0 Å². The Morgan fingerprint density at radius 1 is 1.17 bits per heavy atom. The highest BCUT2D eigenvalue weighted by molar-refractivity contribution is 6.35. The van der Waals surface area contributed by atoms with Crippen LogP contribution in [-0.4, -0.2) is 20.6 Å². The Hall–Kier alpha value is -2.87. The van der Waals surface area contributed by atoms with Gasteiger partial charge in [0.25, 0.3) is 5.69 Å². The second-order valence-corrected chi connectivity index (χ2v) is 7.18. The fourth-order valence-electron chi connectivity index (χ4n) is 2.46. The number of hydrogen-bond acceptors (Lipinski definition) is 4. The van der Waals surface area contributed by atoms with E-state index in [-0.39, 0.29) is 16.5 Å². The van der Waals surface area contributed by atoms with Gasteiger partial charge in [-0.15, -0.1) is 0 Å². The number of anilines is 1. The van der Waals surface area contributed by atoms with Gasteiger partial charge in [0.1, 0.15) is 5.02 Å². The van der Waals surface area contributed by atoms with E-state index in [2.05, 4.69) is 10.4 Å². The van der Waals surface area contributed by atoms with Crippen molar-refractivity contribution >= 4 is 58.3 Å². The first kappa shape index (κ1) is 20.9. The molecule has 0 fully saturated rings. The molecule has 0 aliphatic carbocycles. The predicted molar refractivity (Wildman–Crippen MR) is 114 cm³/mol. The van der Waals surface area contributed by atoms with Crippen LogP contribution in [-0.2, 0) is 11.3 Å². The molecule has 29 heavy (non-hydrogen) atoms. The monoisotopic (exact) mass is 450 g/mol. The normalized spacial score (nSPS) is 11.0. The third-order valence-electron chi connectivity index (χ3n) is 3.81. The summed E-state index contributed by atoms with van der Waals surface area (Å²) in [5.41, 5.74) is 1.25. The number of amides is 1. The summed E-state index contributed by atoms with van der Waals surface area (Å²) in [4.78, 5) is 22.4. The lowest BCUT2D eigenvalue weighted by molar-refractivity contribution is -0.384. The van der Waals surface area contributed by atoms with Crippen LogP contribution in [0.3, 0.4) is 0 Å². The van der Waals surface area contributed by atoms with E-state index in [4.69, 9.17) is 34.8 Å².